The number of hydrogen-bond donors (Lipinski definition) is 1. The Bertz CT molecular complexity index is 976. The highest BCUT2D eigenvalue weighted by molar-refractivity contribution is 7.92. The molecular weight excluding hydrogens is 420 g/mol. The molecule has 9 heteroatoms. The first kappa shape index (κ1) is 24.3. The topological polar surface area (TPSA) is 94.2 Å². The van der Waals surface area contributed by atoms with Crippen LogP contribution in [0, 0.1) is 0 Å². The Kier molecular flexibility index (Phi) is 8.56. The molecule has 0 aliphatic heterocycles. The Morgan fingerprint density at radius 1 is 1.00 bits per heavy atom. The maximum absolute atomic E-state index is 12.3. The van der Waals surface area contributed by atoms with Crippen LogP contribution in [0.3, 0.4) is 0 Å². The van der Waals surface area contributed by atoms with Crippen molar-refractivity contribution in [2.75, 3.05) is 37.4 Å². The summed E-state index contributed by atoms with van der Waals surface area (Å²) in [7, 11) is -1.87. The predicted octanol–water partition coefficient (Wildman–Crippen LogP) is 3.14. The highest BCUT2D eigenvalue weighted by Gasteiger charge is 2.15. The number of benzene rings is 2. The van der Waals surface area contributed by atoms with Crippen molar-refractivity contribution in [1.82, 2.24) is 5.32 Å². The van der Waals surface area contributed by atoms with Crippen LogP contribution in [-0.2, 0) is 14.8 Å². The average Bonchev–Trinajstić information content (AvgIpc) is 2.73. The summed E-state index contributed by atoms with van der Waals surface area (Å²) in [5.41, 5.74) is 1.39. The first-order valence-electron chi connectivity index (χ1n) is 10.0. The smallest absolute Gasteiger partial charge is 0.258 e. The Balaban J connectivity index is 1.94. The van der Waals surface area contributed by atoms with Gasteiger partial charge in [0.25, 0.3) is 5.91 Å². The second-order valence-electron chi connectivity index (χ2n) is 6.87. The van der Waals surface area contributed by atoms with E-state index in [2.05, 4.69) is 5.32 Å². The number of amides is 1. The molecule has 0 aliphatic carbocycles. The van der Waals surface area contributed by atoms with Gasteiger partial charge in [0.05, 0.1) is 31.2 Å². The van der Waals surface area contributed by atoms with Gasteiger partial charge >= 0.3 is 0 Å². The van der Waals surface area contributed by atoms with E-state index < -0.39 is 10.0 Å². The van der Waals surface area contributed by atoms with Crippen LogP contribution in [0.2, 0.25) is 0 Å². The van der Waals surface area contributed by atoms with E-state index in [-0.39, 0.29) is 18.6 Å². The minimum Gasteiger partial charge on any atom is -0.490 e. The van der Waals surface area contributed by atoms with Gasteiger partial charge in [0.15, 0.2) is 18.1 Å². The monoisotopic (exact) mass is 450 g/mol. The number of carbonyl (C=O) groups excluding carboxylic acids is 1. The molecular formula is C22H30N2O6S. The Morgan fingerprint density at radius 2 is 1.61 bits per heavy atom. The highest BCUT2D eigenvalue weighted by Crippen LogP contribution is 2.30. The van der Waals surface area contributed by atoms with Gasteiger partial charge in [-0.1, -0.05) is 6.07 Å². The van der Waals surface area contributed by atoms with Gasteiger partial charge < -0.3 is 19.5 Å². The lowest BCUT2D eigenvalue weighted by Crippen LogP contribution is -2.31. The number of ether oxygens (including phenoxy) is 3. The molecule has 0 saturated heterocycles. The van der Waals surface area contributed by atoms with Crippen LogP contribution >= 0.6 is 0 Å². The van der Waals surface area contributed by atoms with Crippen molar-refractivity contribution in [1.29, 1.82) is 0 Å². The fourth-order valence-corrected chi connectivity index (χ4v) is 3.30. The molecule has 0 fully saturated rings. The van der Waals surface area contributed by atoms with E-state index in [9.17, 15) is 13.2 Å². The van der Waals surface area contributed by atoms with E-state index in [1.807, 2.05) is 39.0 Å². The third kappa shape index (κ3) is 7.06. The predicted molar refractivity (Wildman–Crippen MR) is 121 cm³/mol. The van der Waals surface area contributed by atoms with Gasteiger partial charge in [-0.05, 0) is 62.7 Å². The number of anilines is 1. The lowest BCUT2D eigenvalue weighted by Gasteiger charge is -2.18. The molecule has 0 radical (unpaired) electrons. The van der Waals surface area contributed by atoms with E-state index in [1.165, 1.54) is 11.4 Å². The second kappa shape index (κ2) is 10.9. The maximum Gasteiger partial charge on any atom is 0.258 e. The molecule has 2 aromatic carbocycles. The van der Waals surface area contributed by atoms with Crippen molar-refractivity contribution in [3.05, 3.63) is 48.0 Å². The van der Waals surface area contributed by atoms with E-state index in [4.69, 9.17) is 14.2 Å². The number of hydrogen-bond acceptors (Lipinski definition) is 6. The zero-order chi connectivity index (χ0) is 23.0. The van der Waals surface area contributed by atoms with Gasteiger partial charge in [-0.3, -0.25) is 9.10 Å². The fraction of sp³-hybridized carbons (Fsp3) is 0.409. The van der Waals surface area contributed by atoms with Crippen LogP contribution < -0.4 is 23.8 Å². The SMILES string of the molecule is CCOc1ccc([C@H](C)NC(=O)COc2ccc(N(C)S(C)(=O)=O)cc2)cc1OCC. The molecule has 31 heavy (non-hydrogen) atoms. The minimum absolute atomic E-state index is 0.166. The largest absolute Gasteiger partial charge is 0.490 e. The van der Waals surface area contributed by atoms with E-state index in [0.717, 1.165) is 11.8 Å². The van der Waals surface area contributed by atoms with Crippen LogP contribution in [0.5, 0.6) is 17.2 Å². The van der Waals surface area contributed by atoms with Gasteiger partial charge in [0, 0.05) is 7.05 Å². The number of sulfonamides is 1. The summed E-state index contributed by atoms with van der Waals surface area (Å²) in [4.78, 5) is 12.3. The molecule has 2 rings (SSSR count). The van der Waals surface area contributed by atoms with Crippen LogP contribution in [0.15, 0.2) is 42.5 Å². The normalized spacial score (nSPS) is 12.0. The Labute approximate surface area is 184 Å². The Morgan fingerprint density at radius 3 is 2.19 bits per heavy atom. The van der Waals surface area contributed by atoms with Crippen molar-refractivity contribution in [3.8, 4) is 17.2 Å². The highest BCUT2D eigenvalue weighted by atomic mass is 32.2. The van der Waals surface area contributed by atoms with Gasteiger partial charge in [0.1, 0.15) is 5.75 Å². The van der Waals surface area contributed by atoms with Gasteiger partial charge in [0.2, 0.25) is 10.0 Å². The van der Waals surface area contributed by atoms with Crippen molar-refractivity contribution in [2.24, 2.45) is 0 Å². The molecule has 1 N–H and O–H groups in total. The maximum atomic E-state index is 12.3. The summed E-state index contributed by atoms with van der Waals surface area (Å²) in [6.07, 6.45) is 1.13. The molecule has 0 heterocycles. The number of nitrogens with one attached hydrogen (secondary N) is 1. The molecule has 1 amide bonds. The first-order valence-corrected chi connectivity index (χ1v) is 11.9. The minimum atomic E-state index is -3.34. The standard InChI is InChI=1S/C22H30N2O6S/c1-6-28-20-13-8-17(14-21(20)29-7-2)16(3)23-22(25)15-30-19-11-9-18(10-12-19)24(4)31(5,26)27/h8-14,16H,6-7,15H2,1-5H3,(H,23,25)/t16-/m0/s1. The molecule has 0 aliphatic rings. The van der Waals surface area contributed by atoms with Crippen molar-refractivity contribution in [3.63, 3.8) is 0 Å². The van der Waals surface area contributed by atoms with Crippen LogP contribution in [-0.4, -0.2) is 47.4 Å². The molecule has 170 valence electrons. The number of nitrogens with zero attached hydrogens (tertiary/aromatic N) is 1. The van der Waals surface area contributed by atoms with E-state index in [0.29, 0.717) is 36.1 Å². The first-order chi connectivity index (χ1) is 14.7. The quantitative estimate of drug-likeness (QED) is 0.565. The lowest BCUT2D eigenvalue weighted by molar-refractivity contribution is -0.123. The summed E-state index contributed by atoms with van der Waals surface area (Å²) >= 11 is 0. The summed E-state index contributed by atoms with van der Waals surface area (Å²) in [6, 6.07) is 11.8. The third-order valence-electron chi connectivity index (χ3n) is 4.51. The van der Waals surface area contributed by atoms with Crippen LogP contribution in [0.4, 0.5) is 5.69 Å². The van der Waals surface area contributed by atoms with Crippen LogP contribution in [0.25, 0.3) is 0 Å². The number of carbonyl (C=O) groups is 1. The zero-order valence-corrected chi connectivity index (χ0v) is 19.4. The average molecular weight is 451 g/mol. The van der Waals surface area contributed by atoms with Crippen molar-refractivity contribution >= 4 is 21.6 Å². The van der Waals surface area contributed by atoms with Gasteiger partial charge in [-0.2, -0.15) is 0 Å². The summed E-state index contributed by atoms with van der Waals surface area (Å²) in [5, 5.41) is 2.89. The fourth-order valence-electron chi connectivity index (χ4n) is 2.80. The van der Waals surface area contributed by atoms with Crippen LogP contribution in [0.1, 0.15) is 32.4 Å². The third-order valence-corrected chi connectivity index (χ3v) is 5.72. The molecule has 0 unspecified atom stereocenters. The summed E-state index contributed by atoms with van der Waals surface area (Å²) in [6.45, 7) is 6.56. The molecule has 0 aromatic heterocycles. The molecule has 0 saturated carbocycles. The van der Waals surface area contributed by atoms with E-state index >= 15 is 0 Å². The lowest BCUT2D eigenvalue weighted by atomic mass is 10.1. The second-order valence-corrected chi connectivity index (χ2v) is 8.89. The Hall–Kier alpha value is -2.94. The zero-order valence-electron chi connectivity index (χ0n) is 18.5. The molecule has 0 spiro atoms. The van der Waals surface area contributed by atoms with Gasteiger partial charge in [-0.15, -0.1) is 0 Å². The summed E-state index contributed by atoms with van der Waals surface area (Å²) in [5.74, 6) is 1.49. The molecule has 0 bridgehead atoms. The molecule has 2 aromatic rings. The van der Waals surface area contributed by atoms with Crippen molar-refractivity contribution < 1.29 is 27.4 Å². The van der Waals surface area contributed by atoms with Gasteiger partial charge in [-0.25, -0.2) is 8.42 Å². The van der Waals surface area contributed by atoms with E-state index in [1.54, 1.807) is 24.3 Å². The van der Waals surface area contributed by atoms with Crippen molar-refractivity contribution in [2.45, 2.75) is 26.8 Å². The molecule has 1 atom stereocenters. The number of rotatable bonds is 11. The summed E-state index contributed by atoms with van der Waals surface area (Å²) < 4.78 is 41.1. The molecule has 8 nitrogen and oxygen atoms in total.